The zero-order valence-electron chi connectivity index (χ0n) is 23.9. The molecule has 2 aromatic carbocycles. The number of nitrogens with zero attached hydrogens (tertiary/aromatic N) is 3. The van der Waals surface area contributed by atoms with Gasteiger partial charge in [-0.25, -0.2) is 14.6 Å². The summed E-state index contributed by atoms with van der Waals surface area (Å²) in [6, 6.07) is 17.3. The lowest BCUT2D eigenvalue weighted by Crippen LogP contribution is -2.55. The second kappa shape index (κ2) is 11.2. The van der Waals surface area contributed by atoms with Crippen molar-refractivity contribution in [3.63, 3.8) is 0 Å². The molecule has 0 spiro atoms. The first-order valence-corrected chi connectivity index (χ1v) is 14.7. The van der Waals surface area contributed by atoms with Gasteiger partial charge in [0.2, 0.25) is 0 Å². The van der Waals surface area contributed by atoms with E-state index in [1.807, 2.05) is 30.3 Å². The number of para-hydroxylation sites is 1. The Balaban J connectivity index is 1.20. The smallest absolute Gasteiger partial charge is 0.410 e. The number of pyridine rings is 1. The summed E-state index contributed by atoms with van der Waals surface area (Å²) < 4.78 is 11.3. The third-order valence-electron chi connectivity index (χ3n) is 7.08. The molecule has 1 saturated heterocycles. The van der Waals surface area contributed by atoms with Crippen molar-refractivity contribution in [2.24, 2.45) is 0 Å². The highest BCUT2D eigenvalue weighted by Crippen LogP contribution is 2.46. The van der Waals surface area contributed by atoms with E-state index in [4.69, 9.17) is 9.47 Å². The van der Waals surface area contributed by atoms with Crippen LogP contribution >= 0.6 is 11.3 Å². The molecule has 4 aromatic rings. The first kappa shape index (κ1) is 28.4. The Morgan fingerprint density at radius 1 is 1.07 bits per heavy atom. The van der Waals surface area contributed by atoms with Crippen LogP contribution < -0.4 is 20.3 Å². The number of aromatic nitrogens is 1. The minimum atomic E-state index is -0.983. The number of rotatable bonds is 5. The summed E-state index contributed by atoms with van der Waals surface area (Å²) in [5.41, 5.74) is 0.948. The molecule has 0 radical (unpaired) electrons. The highest BCUT2D eigenvalue weighted by Gasteiger charge is 2.36. The number of nitrogens with one attached hydrogen (secondary N) is 2. The normalized spacial score (nSPS) is 18.3. The molecule has 4 amide bonds. The summed E-state index contributed by atoms with van der Waals surface area (Å²) in [6.07, 6.45) is 0.465. The molecule has 12 heteroatoms. The third-order valence-corrected chi connectivity index (χ3v) is 8.17. The van der Waals surface area contributed by atoms with Crippen molar-refractivity contribution in [2.75, 3.05) is 23.3 Å². The highest BCUT2D eigenvalue weighted by atomic mass is 32.1. The molecule has 222 valence electrons. The number of ether oxygens (including phenoxy) is 2. The second-order valence-corrected chi connectivity index (χ2v) is 12.4. The number of urea groups is 1. The number of carbonyl (C=O) groups is 3. The van der Waals surface area contributed by atoms with Gasteiger partial charge in [-0.3, -0.25) is 9.69 Å². The maximum atomic E-state index is 13.5. The summed E-state index contributed by atoms with van der Waals surface area (Å²) >= 11 is 1.16. The molecule has 2 aliphatic heterocycles. The zero-order valence-corrected chi connectivity index (χ0v) is 24.7. The van der Waals surface area contributed by atoms with Gasteiger partial charge in [-0.1, -0.05) is 18.2 Å². The first-order chi connectivity index (χ1) is 20.6. The largest absolute Gasteiger partial charge is 0.457 e. The number of thiophene rings is 1. The highest BCUT2D eigenvalue weighted by molar-refractivity contribution is 7.21. The third kappa shape index (κ3) is 5.84. The van der Waals surface area contributed by atoms with Crippen LogP contribution in [0.2, 0.25) is 0 Å². The van der Waals surface area contributed by atoms with E-state index in [9.17, 15) is 19.5 Å². The maximum absolute atomic E-state index is 13.5. The molecular weight excluding hydrogens is 570 g/mol. The van der Waals surface area contributed by atoms with Crippen LogP contribution in [0.3, 0.4) is 0 Å². The molecule has 3 N–H and O–H groups in total. The van der Waals surface area contributed by atoms with Crippen LogP contribution in [0.15, 0.2) is 66.9 Å². The number of piperidine rings is 1. The number of likely N-dealkylation sites (tertiary alicyclic amines) is 1. The van der Waals surface area contributed by atoms with E-state index in [-0.39, 0.29) is 11.4 Å². The van der Waals surface area contributed by atoms with E-state index in [1.165, 1.54) is 9.80 Å². The number of aliphatic hydroxyl groups is 1. The van der Waals surface area contributed by atoms with Gasteiger partial charge >= 0.3 is 12.1 Å². The monoisotopic (exact) mass is 601 g/mol. The Labute approximate surface area is 252 Å². The van der Waals surface area contributed by atoms with Crippen LogP contribution in [0.5, 0.6) is 11.5 Å². The van der Waals surface area contributed by atoms with Gasteiger partial charge in [-0.15, -0.1) is 11.3 Å². The molecule has 0 unspecified atom stereocenters. The molecule has 11 nitrogen and oxygen atoms in total. The fraction of sp³-hybridized carbons (Fsp3) is 0.290. The molecule has 0 saturated carbocycles. The average Bonchev–Trinajstić information content (AvgIpc) is 3.34. The SMILES string of the molecule is CC(C)(C)OC(=O)N1CC[C@@H](NC(=O)c2sc3nccc4c3c2NC(=O)N4c2ccc(Oc3ccccc3)cc2)[C@@H](O)C1. The fourth-order valence-corrected chi connectivity index (χ4v) is 6.14. The Hall–Kier alpha value is -4.68. The summed E-state index contributed by atoms with van der Waals surface area (Å²) in [4.78, 5) is 47.6. The predicted molar refractivity (Wildman–Crippen MR) is 163 cm³/mol. The van der Waals surface area contributed by atoms with Crippen molar-refractivity contribution >= 4 is 56.6 Å². The number of β-amino-alcohol motifs (C(OH)–C–C–N with tert-alkyl or cyclic N) is 1. The fourth-order valence-electron chi connectivity index (χ4n) is 5.11. The Bertz CT molecular complexity index is 1680. The van der Waals surface area contributed by atoms with E-state index in [2.05, 4.69) is 15.6 Å². The molecular formula is C31H31N5O6S. The molecule has 0 bridgehead atoms. The lowest BCUT2D eigenvalue weighted by atomic mass is 10.0. The number of hydrogen-bond acceptors (Lipinski definition) is 8. The average molecular weight is 602 g/mol. The van der Waals surface area contributed by atoms with Gasteiger partial charge in [-0.05, 0) is 69.7 Å². The first-order valence-electron chi connectivity index (χ1n) is 13.9. The van der Waals surface area contributed by atoms with Crippen LogP contribution in [0.1, 0.15) is 36.9 Å². The van der Waals surface area contributed by atoms with Crippen molar-refractivity contribution in [2.45, 2.75) is 44.9 Å². The van der Waals surface area contributed by atoms with Gasteiger partial charge in [0.15, 0.2) is 0 Å². The molecule has 4 heterocycles. The van der Waals surface area contributed by atoms with Crippen LogP contribution in [0, 0.1) is 0 Å². The molecule has 1 fully saturated rings. The Morgan fingerprint density at radius 3 is 2.49 bits per heavy atom. The van der Waals surface area contributed by atoms with Gasteiger partial charge in [0.05, 0.1) is 41.1 Å². The molecule has 6 rings (SSSR count). The van der Waals surface area contributed by atoms with E-state index in [1.54, 1.807) is 57.3 Å². The van der Waals surface area contributed by atoms with Gasteiger partial charge in [-0.2, -0.15) is 0 Å². The Kier molecular flexibility index (Phi) is 7.40. The number of hydrogen-bond donors (Lipinski definition) is 3. The van der Waals surface area contributed by atoms with Crippen LogP contribution in [-0.2, 0) is 4.74 Å². The Morgan fingerprint density at radius 2 is 1.79 bits per heavy atom. The zero-order chi connectivity index (χ0) is 30.3. The molecule has 0 aliphatic carbocycles. The molecule has 2 atom stereocenters. The van der Waals surface area contributed by atoms with Crippen LogP contribution in [0.4, 0.5) is 26.7 Å². The summed E-state index contributed by atoms with van der Waals surface area (Å²) in [7, 11) is 0. The lowest BCUT2D eigenvalue weighted by molar-refractivity contribution is -0.00406. The van der Waals surface area contributed by atoms with Gasteiger partial charge in [0.1, 0.15) is 26.8 Å². The van der Waals surface area contributed by atoms with Crippen molar-refractivity contribution in [3.05, 3.63) is 71.7 Å². The number of anilines is 3. The van der Waals surface area contributed by atoms with Gasteiger partial charge in [0.25, 0.3) is 5.91 Å². The lowest BCUT2D eigenvalue weighted by Gasteiger charge is -2.36. The summed E-state index contributed by atoms with van der Waals surface area (Å²) in [5, 5.41) is 17.2. The minimum Gasteiger partial charge on any atom is -0.457 e. The van der Waals surface area contributed by atoms with E-state index in [0.717, 1.165) is 11.3 Å². The van der Waals surface area contributed by atoms with Crippen molar-refractivity contribution in [1.29, 1.82) is 0 Å². The second-order valence-electron chi connectivity index (χ2n) is 11.4. The van der Waals surface area contributed by atoms with Crippen molar-refractivity contribution in [3.8, 4) is 11.5 Å². The van der Waals surface area contributed by atoms with E-state index < -0.39 is 35.8 Å². The van der Waals surface area contributed by atoms with Crippen molar-refractivity contribution in [1.82, 2.24) is 15.2 Å². The number of carbonyl (C=O) groups excluding carboxylic acids is 3. The minimum absolute atomic E-state index is 0.0334. The number of amides is 4. The summed E-state index contributed by atoms with van der Waals surface area (Å²) in [6.45, 7) is 5.69. The number of aliphatic hydroxyl groups excluding tert-OH is 1. The summed E-state index contributed by atoms with van der Waals surface area (Å²) in [5.74, 6) is 0.896. The maximum Gasteiger partial charge on any atom is 0.410 e. The predicted octanol–water partition coefficient (Wildman–Crippen LogP) is 5.87. The van der Waals surface area contributed by atoms with Crippen molar-refractivity contribution < 1.29 is 29.0 Å². The quantitative estimate of drug-likeness (QED) is 0.260. The van der Waals surface area contributed by atoms with E-state index in [0.29, 0.717) is 51.7 Å². The van der Waals surface area contributed by atoms with Gasteiger partial charge < -0.3 is 30.1 Å². The standard InChI is InChI=1S/C31H31N5O6S/c1-31(2,3)42-30(40)35-16-14-21(23(37)17-35)33-27(38)26-25-24-22(13-15-32-28(24)43-26)36(29(39)34-25)18-9-11-20(12-10-18)41-19-7-5-4-6-8-19/h4-13,15,21,23,37H,14,16-17H2,1-3H3,(H,33,38)(H,34,39)/t21-,23+/m1/s1. The molecule has 2 aliphatic rings. The van der Waals surface area contributed by atoms with Crippen LogP contribution in [0.25, 0.3) is 10.2 Å². The molecule has 2 aromatic heterocycles. The van der Waals surface area contributed by atoms with E-state index >= 15 is 0 Å². The molecule has 43 heavy (non-hydrogen) atoms. The van der Waals surface area contributed by atoms with Gasteiger partial charge in [0, 0.05) is 12.7 Å². The topological polar surface area (TPSA) is 133 Å². The number of benzene rings is 2. The van der Waals surface area contributed by atoms with Crippen LogP contribution in [-0.4, -0.2) is 63.9 Å².